The molecule has 0 aromatic heterocycles. The van der Waals surface area contributed by atoms with E-state index in [2.05, 4.69) is 9.98 Å². The Bertz CT molecular complexity index is 366. The number of thiocarbonyl (C=S) groups is 1. The summed E-state index contributed by atoms with van der Waals surface area (Å²) in [6, 6.07) is 0. The SMILES string of the molecule is COC1C=CC2=NC=NC(=S)C2=C1. The van der Waals surface area contributed by atoms with Crippen molar-refractivity contribution in [3.63, 3.8) is 0 Å². The summed E-state index contributed by atoms with van der Waals surface area (Å²) in [6.07, 6.45) is 7.23. The molecule has 0 spiro atoms. The lowest BCUT2D eigenvalue weighted by Crippen LogP contribution is -2.20. The Morgan fingerprint density at radius 1 is 1.54 bits per heavy atom. The second kappa shape index (κ2) is 3.32. The highest BCUT2D eigenvalue weighted by Crippen LogP contribution is 2.16. The number of allylic oxidation sites excluding steroid dienone is 1. The van der Waals surface area contributed by atoms with Crippen LogP contribution in [0.1, 0.15) is 0 Å². The van der Waals surface area contributed by atoms with Crippen LogP contribution in [0, 0.1) is 0 Å². The zero-order valence-corrected chi connectivity index (χ0v) is 7.91. The number of methoxy groups -OCH3 is 1. The van der Waals surface area contributed by atoms with Crippen LogP contribution in [-0.2, 0) is 4.74 Å². The van der Waals surface area contributed by atoms with E-state index in [4.69, 9.17) is 17.0 Å². The van der Waals surface area contributed by atoms with Crippen molar-refractivity contribution >= 4 is 29.3 Å². The number of hydrogen-bond donors (Lipinski definition) is 0. The van der Waals surface area contributed by atoms with Gasteiger partial charge in [-0.1, -0.05) is 12.2 Å². The minimum absolute atomic E-state index is 0.0137. The van der Waals surface area contributed by atoms with Crippen LogP contribution < -0.4 is 0 Å². The van der Waals surface area contributed by atoms with Gasteiger partial charge in [-0.3, -0.25) is 0 Å². The molecule has 13 heavy (non-hydrogen) atoms. The van der Waals surface area contributed by atoms with Gasteiger partial charge in [-0.15, -0.1) is 0 Å². The van der Waals surface area contributed by atoms with Crippen molar-refractivity contribution in [2.24, 2.45) is 9.98 Å². The van der Waals surface area contributed by atoms with Crippen molar-refractivity contribution in [2.75, 3.05) is 7.11 Å². The molecule has 0 N–H and O–H groups in total. The van der Waals surface area contributed by atoms with Crippen molar-refractivity contribution in [3.05, 3.63) is 23.8 Å². The number of rotatable bonds is 1. The topological polar surface area (TPSA) is 34.0 Å². The molecule has 1 unspecified atom stereocenters. The smallest absolute Gasteiger partial charge is 0.137 e. The molecule has 1 heterocycles. The number of ether oxygens (including phenoxy) is 1. The molecule has 1 aliphatic carbocycles. The first-order chi connectivity index (χ1) is 6.31. The molecule has 0 aromatic carbocycles. The molecule has 2 aliphatic rings. The van der Waals surface area contributed by atoms with Crippen molar-refractivity contribution in [1.82, 2.24) is 0 Å². The van der Waals surface area contributed by atoms with E-state index < -0.39 is 0 Å². The summed E-state index contributed by atoms with van der Waals surface area (Å²) in [4.78, 5) is 8.62. The van der Waals surface area contributed by atoms with Crippen molar-refractivity contribution in [2.45, 2.75) is 6.10 Å². The van der Waals surface area contributed by atoms with Gasteiger partial charge in [0.25, 0.3) is 0 Å². The molecule has 2 rings (SSSR count). The second-order valence-corrected chi connectivity index (χ2v) is 3.09. The summed E-state index contributed by atoms with van der Waals surface area (Å²) in [5.74, 6) is 0. The van der Waals surface area contributed by atoms with Crippen molar-refractivity contribution in [3.8, 4) is 0 Å². The highest BCUT2D eigenvalue weighted by atomic mass is 32.1. The van der Waals surface area contributed by atoms with Crippen molar-refractivity contribution < 1.29 is 4.74 Å². The third-order valence-electron chi connectivity index (χ3n) is 1.93. The van der Waals surface area contributed by atoms with Crippen LogP contribution in [-0.4, -0.2) is 30.3 Å². The molecule has 0 aromatic rings. The minimum atomic E-state index is -0.0137. The van der Waals surface area contributed by atoms with Gasteiger partial charge in [0, 0.05) is 12.7 Å². The largest absolute Gasteiger partial charge is 0.373 e. The maximum absolute atomic E-state index is 5.16. The summed E-state index contributed by atoms with van der Waals surface area (Å²) >= 11 is 5.07. The lowest BCUT2D eigenvalue weighted by Gasteiger charge is -2.16. The van der Waals surface area contributed by atoms with Gasteiger partial charge in [0.1, 0.15) is 11.3 Å². The second-order valence-electron chi connectivity index (χ2n) is 2.70. The first-order valence-corrected chi connectivity index (χ1v) is 4.30. The van der Waals surface area contributed by atoms with E-state index in [1.165, 1.54) is 6.34 Å². The first kappa shape index (κ1) is 8.47. The number of aliphatic imine (C=N–C) groups is 2. The van der Waals surface area contributed by atoms with Crippen LogP contribution in [0.4, 0.5) is 0 Å². The predicted molar refractivity (Wildman–Crippen MR) is 56.5 cm³/mol. The molecule has 0 amide bonds. The first-order valence-electron chi connectivity index (χ1n) is 3.89. The average molecular weight is 192 g/mol. The number of fused-ring (bicyclic) bond motifs is 1. The molecule has 4 heteroatoms. The van der Waals surface area contributed by atoms with E-state index in [9.17, 15) is 0 Å². The van der Waals surface area contributed by atoms with Gasteiger partial charge >= 0.3 is 0 Å². The van der Waals surface area contributed by atoms with Gasteiger partial charge in [0.15, 0.2) is 0 Å². The summed E-state index contributed by atoms with van der Waals surface area (Å²) in [6.45, 7) is 0. The third kappa shape index (κ3) is 1.50. The highest BCUT2D eigenvalue weighted by molar-refractivity contribution is 7.81. The maximum atomic E-state index is 5.16. The molecule has 0 fully saturated rings. The molecule has 1 aliphatic heterocycles. The van der Waals surface area contributed by atoms with E-state index in [-0.39, 0.29) is 6.10 Å². The zero-order chi connectivity index (χ0) is 9.26. The Hall–Kier alpha value is -1.13. The Morgan fingerprint density at radius 3 is 3.15 bits per heavy atom. The fourth-order valence-corrected chi connectivity index (χ4v) is 1.45. The van der Waals surface area contributed by atoms with Gasteiger partial charge in [-0.25, -0.2) is 9.98 Å². The predicted octanol–water partition coefficient (Wildman–Crippen LogP) is 1.31. The zero-order valence-electron chi connectivity index (χ0n) is 7.10. The monoisotopic (exact) mass is 192 g/mol. The maximum Gasteiger partial charge on any atom is 0.137 e. The Kier molecular flexibility index (Phi) is 2.16. The van der Waals surface area contributed by atoms with Crippen LogP contribution in [0.2, 0.25) is 0 Å². The Labute approximate surface area is 81.5 Å². The lowest BCUT2D eigenvalue weighted by molar-refractivity contribution is 0.177. The molecule has 0 radical (unpaired) electrons. The molecular formula is C9H8N2OS. The fourth-order valence-electron chi connectivity index (χ4n) is 1.23. The lowest BCUT2D eigenvalue weighted by atomic mass is 10.0. The Balaban J connectivity index is 2.38. The van der Waals surface area contributed by atoms with E-state index in [0.717, 1.165) is 11.3 Å². The van der Waals surface area contributed by atoms with Crippen LogP contribution >= 0.6 is 12.2 Å². The highest BCUT2D eigenvalue weighted by Gasteiger charge is 2.18. The summed E-state index contributed by atoms with van der Waals surface area (Å²) in [5.41, 5.74) is 1.76. The van der Waals surface area contributed by atoms with Crippen LogP contribution in [0.25, 0.3) is 0 Å². The van der Waals surface area contributed by atoms with Gasteiger partial charge in [0.05, 0.1) is 11.8 Å². The molecule has 3 nitrogen and oxygen atoms in total. The minimum Gasteiger partial charge on any atom is -0.373 e. The molecular weight excluding hydrogens is 184 g/mol. The van der Waals surface area contributed by atoms with Crippen LogP contribution in [0.5, 0.6) is 0 Å². The average Bonchev–Trinajstić information content (AvgIpc) is 2.18. The Morgan fingerprint density at radius 2 is 2.38 bits per heavy atom. The van der Waals surface area contributed by atoms with Crippen LogP contribution in [0.15, 0.2) is 33.8 Å². The van der Waals surface area contributed by atoms with E-state index in [1.54, 1.807) is 7.11 Å². The number of nitrogens with zero attached hydrogens (tertiary/aromatic N) is 2. The standard InChI is InChI=1S/C9H8N2OS/c1-12-6-2-3-8-7(4-6)9(13)11-5-10-8/h2-6H,1H3. The fraction of sp³-hybridized carbons (Fsp3) is 0.222. The number of hydrogen-bond acceptors (Lipinski definition) is 3. The molecule has 0 saturated heterocycles. The summed E-state index contributed by atoms with van der Waals surface area (Å²) in [5, 5.41) is 0. The molecule has 66 valence electrons. The van der Waals surface area contributed by atoms with Crippen LogP contribution in [0.3, 0.4) is 0 Å². The van der Waals surface area contributed by atoms with E-state index in [0.29, 0.717) is 4.99 Å². The summed E-state index contributed by atoms with van der Waals surface area (Å²) in [7, 11) is 1.66. The van der Waals surface area contributed by atoms with Gasteiger partial charge in [0.2, 0.25) is 0 Å². The van der Waals surface area contributed by atoms with Gasteiger partial charge < -0.3 is 4.74 Å². The molecule has 0 bridgehead atoms. The van der Waals surface area contributed by atoms with E-state index >= 15 is 0 Å². The quantitative estimate of drug-likeness (QED) is 0.587. The summed E-state index contributed by atoms with van der Waals surface area (Å²) < 4.78 is 5.16. The normalized spacial score (nSPS) is 25.3. The third-order valence-corrected chi connectivity index (χ3v) is 2.25. The molecule has 1 atom stereocenters. The van der Waals surface area contributed by atoms with Gasteiger partial charge in [-0.2, -0.15) is 0 Å². The van der Waals surface area contributed by atoms with Crippen molar-refractivity contribution in [1.29, 1.82) is 0 Å². The molecule has 0 saturated carbocycles. The van der Waals surface area contributed by atoms with E-state index in [1.807, 2.05) is 18.2 Å². The van der Waals surface area contributed by atoms with Gasteiger partial charge in [-0.05, 0) is 18.2 Å².